The second-order valence-electron chi connectivity index (χ2n) is 38.0. The summed E-state index contributed by atoms with van der Waals surface area (Å²) in [4.78, 5) is 0. The highest BCUT2D eigenvalue weighted by atomic mass is 32.1. The van der Waals surface area contributed by atoms with Crippen LogP contribution in [0.25, 0.3) is 216 Å². The van der Waals surface area contributed by atoms with Crippen LogP contribution in [0, 0.1) is 13.8 Å². The maximum absolute atomic E-state index is 2.44. The van der Waals surface area contributed by atoms with Crippen LogP contribution in [0.1, 0.15) is 86.1 Å². The fourth-order valence-corrected chi connectivity index (χ4v) is 25.9. The lowest BCUT2D eigenvalue weighted by Crippen LogP contribution is -2.14. The van der Waals surface area contributed by atoms with Gasteiger partial charge < -0.3 is 22.8 Å². The third-order valence-electron chi connectivity index (χ3n) is 29.7. The molecule has 0 saturated heterocycles. The van der Waals surface area contributed by atoms with Crippen molar-refractivity contribution in [1.29, 1.82) is 0 Å². The van der Waals surface area contributed by atoms with E-state index in [1.165, 1.54) is 260 Å². The van der Waals surface area contributed by atoms with E-state index in [0.29, 0.717) is 0 Å². The number of nitrogens with zero attached hydrogens (tertiary/aromatic N) is 5. The molecule has 3 aliphatic carbocycles. The van der Waals surface area contributed by atoms with Crippen molar-refractivity contribution in [3.63, 3.8) is 0 Å². The molecular weight excluding hydrogens is 1620 g/mol. The van der Waals surface area contributed by atoms with Crippen molar-refractivity contribution >= 4 is 194 Å². The number of fused-ring (bicyclic) bond motifs is 38. The Morgan fingerprint density at radius 2 is 0.550 bits per heavy atom. The first kappa shape index (κ1) is 78.4. The van der Waals surface area contributed by atoms with E-state index in [1.807, 2.05) is 22.7 Å². The lowest BCUT2D eigenvalue weighted by atomic mass is 9.82. The minimum Gasteiger partial charge on any atom is -0.344 e. The van der Waals surface area contributed by atoms with Gasteiger partial charge in [-0.05, 0) is 195 Å². The summed E-state index contributed by atoms with van der Waals surface area (Å²) in [7, 11) is 6.56. The standard InChI is InChI=1S/2C28H23N.2C23H15NS.C22H19N/c1-18-9-8-10-19(15-18)29-26-14-7-5-12-21(26)23-16-22-20-11-4-6-13-24(20)28(2,3)25(22)17-27(23)29;1-18-12-14-19(15-13-18)29-26-11-7-5-9-21(26)23-16-22-20-8-4-6-10-24(20)28(2,3)25(22)17-27(23)29;1-24-18-12-6-4-10-16(18)20-21-17-11-5-7-13-19(17)25-23(21)15-9-3-2-8-14(15)22(20)24;1-24-18-12-6-4-10-16(18)21-22(24)15-9-3-2-8-14(15)20-17-11-5-7-13-19(17)25-23(20)21;1-22(2)18-10-6-4-8-14(18)16-12-17-15-9-5-7-11-20(15)23(3)21(17)13-19(16)22/h2*4-17H,1-3H3;2*2-13H,1H3;4-13H,1-3H3. The van der Waals surface area contributed by atoms with Crippen molar-refractivity contribution in [3.8, 4) is 44.8 Å². The Morgan fingerprint density at radius 1 is 0.198 bits per heavy atom. The number of benzene rings is 19. The zero-order chi connectivity index (χ0) is 88.4. The highest BCUT2D eigenvalue weighted by Gasteiger charge is 2.40. The quantitative estimate of drug-likeness (QED) is 0.165. The van der Waals surface area contributed by atoms with Gasteiger partial charge in [0.05, 0.1) is 33.1 Å². The van der Waals surface area contributed by atoms with Crippen molar-refractivity contribution in [1.82, 2.24) is 22.8 Å². The molecule has 0 N–H and O–H groups in total. The van der Waals surface area contributed by atoms with E-state index in [1.54, 1.807) is 0 Å². The summed E-state index contributed by atoms with van der Waals surface area (Å²) in [5.74, 6) is 0. The summed E-state index contributed by atoms with van der Waals surface area (Å²) < 4.78 is 17.4. The highest BCUT2D eigenvalue weighted by Crippen LogP contribution is 2.56. The van der Waals surface area contributed by atoms with Gasteiger partial charge in [-0.15, -0.1) is 22.7 Å². The minimum absolute atomic E-state index is 0.00794. The van der Waals surface area contributed by atoms with Crippen LogP contribution in [0.15, 0.2) is 376 Å². The molecule has 3 aliphatic rings. The predicted molar refractivity (Wildman–Crippen MR) is 566 cm³/mol. The molecule has 131 heavy (non-hydrogen) atoms. The van der Waals surface area contributed by atoms with Crippen LogP contribution in [-0.4, -0.2) is 22.8 Å². The van der Waals surface area contributed by atoms with Crippen LogP contribution < -0.4 is 0 Å². The van der Waals surface area contributed by atoms with Gasteiger partial charge in [0.2, 0.25) is 0 Å². The zero-order valence-corrected chi connectivity index (χ0v) is 77.0. The van der Waals surface area contributed by atoms with Gasteiger partial charge in [0, 0.05) is 181 Å². The van der Waals surface area contributed by atoms with Crippen LogP contribution in [-0.2, 0) is 37.4 Å². The first-order valence-corrected chi connectivity index (χ1v) is 47.5. The van der Waals surface area contributed by atoms with E-state index >= 15 is 0 Å². The van der Waals surface area contributed by atoms with Crippen LogP contribution in [0.3, 0.4) is 0 Å². The van der Waals surface area contributed by atoms with Gasteiger partial charge in [-0.1, -0.05) is 320 Å². The van der Waals surface area contributed by atoms with E-state index in [9.17, 15) is 0 Å². The molecule has 0 atom stereocenters. The lowest BCUT2D eigenvalue weighted by molar-refractivity contribution is 0.660. The third kappa shape index (κ3) is 11.6. The van der Waals surface area contributed by atoms with Gasteiger partial charge in [-0.2, -0.15) is 0 Å². The Labute approximate surface area is 768 Å². The van der Waals surface area contributed by atoms with Gasteiger partial charge in [0.1, 0.15) is 0 Å². The van der Waals surface area contributed by atoms with Gasteiger partial charge >= 0.3 is 0 Å². The van der Waals surface area contributed by atoms with Crippen LogP contribution in [0.5, 0.6) is 0 Å². The zero-order valence-electron chi connectivity index (χ0n) is 75.3. The van der Waals surface area contributed by atoms with Gasteiger partial charge in [-0.25, -0.2) is 0 Å². The SMILES string of the molecule is Cc1ccc(-n2c3ccccc3c3cc4c(cc32)C(C)(C)c2ccccc2-4)cc1.Cc1cccc(-n2c3ccccc3c3cc4c(cc32)C(C)(C)c2ccccc2-4)c1.Cn1c2ccccc2c2c3c4ccccc4sc3c3ccccc3c21.Cn1c2ccccc2c2c3sc4ccccc4c3c3ccccc3c21.Cn1c2ccccc2c2cc3c(cc21)C(C)(C)c1ccccc1-3. The second kappa shape index (κ2) is 29.3. The normalized spacial score (nSPS) is 13.6. The molecule has 5 nitrogen and oxygen atoms in total. The third-order valence-corrected chi connectivity index (χ3v) is 32.1. The van der Waals surface area contributed by atoms with E-state index < -0.39 is 0 Å². The largest absolute Gasteiger partial charge is 0.344 e. The average Bonchev–Trinajstić information content (AvgIpc) is 1.56. The molecule has 0 amide bonds. The number of aromatic nitrogens is 5. The summed E-state index contributed by atoms with van der Waals surface area (Å²) in [6.45, 7) is 18.4. The fourth-order valence-electron chi connectivity index (χ4n) is 23.4. The summed E-state index contributed by atoms with van der Waals surface area (Å²) >= 11 is 3.84. The van der Waals surface area contributed by atoms with Crippen molar-refractivity contribution in [2.45, 2.75) is 71.6 Å². The molecule has 0 unspecified atom stereocenters. The number of hydrogen-bond acceptors (Lipinski definition) is 2. The summed E-state index contributed by atoms with van der Waals surface area (Å²) in [6, 6.07) is 138. The van der Waals surface area contributed by atoms with Crippen molar-refractivity contribution in [2.24, 2.45) is 21.1 Å². The minimum atomic E-state index is 0.00794. The highest BCUT2D eigenvalue weighted by molar-refractivity contribution is 7.27. The van der Waals surface area contributed by atoms with Gasteiger partial charge in [0.15, 0.2) is 0 Å². The van der Waals surface area contributed by atoms with Crippen molar-refractivity contribution in [3.05, 3.63) is 421 Å². The summed E-state index contributed by atoms with van der Waals surface area (Å²) in [6.07, 6.45) is 0. The maximum Gasteiger partial charge on any atom is 0.0583 e. The number of rotatable bonds is 2. The molecule has 7 heteroatoms. The van der Waals surface area contributed by atoms with Gasteiger partial charge in [-0.3, -0.25) is 0 Å². The van der Waals surface area contributed by atoms with Crippen LogP contribution >= 0.6 is 22.7 Å². The Hall–Kier alpha value is -14.9. The molecule has 29 rings (SSSR count). The molecule has 7 aromatic heterocycles. The molecule has 26 aromatic rings. The molecule has 0 fully saturated rings. The van der Waals surface area contributed by atoms with Gasteiger partial charge in [0.25, 0.3) is 0 Å². The van der Waals surface area contributed by atoms with Crippen LogP contribution in [0.4, 0.5) is 0 Å². The van der Waals surface area contributed by atoms with Crippen molar-refractivity contribution in [2.75, 3.05) is 0 Å². The molecule has 7 heterocycles. The van der Waals surface area contributed by atoms with E-state index in [-0.39, 0.29) is 16.2 Å². The molecule has 0 aliphatic heterocycles. The fraction of sp³-hybridized carbons (Fsp3) is 0.113. The second-order valence-corrected chi connectivity index (χ2v) is 40.1. The Bertz CT molecular complexity index is 9330. The monoisotopic (exact) mass is 1720 g/mol. The van der Waals surface area contributed by atoms with E-state index in [0.717, 1.165) is 0 Å². The first-order valence-electron chi connectivity index (χ1n) is 45.9. The van der Waals surface area contributed by atoms with E-state index in [2.05, 4.69) is 475 Å². The summed E-state index contributed by atoms with van der Waals surface area (Å²) in [5, 5.41) is 24.4. The average molecular weight is 1720 g/mol. The topological polar surface area (TPSA) is 24.6 Å². The Balaban J connectivity index is 0.0000000884. The Morgan fingerprint density at radius 3 is 1.05 bits per heavy atom. The molecule has 0 radical (unpaired) electrons. The number of aryl methyl sites for hydroxylation is 5. The molecular formula is C124H95N5S2. The van der Waals surface area contributed by atoms with Crippen molar-refractivity contribution < 1.29 is 0 Å². The smallest absolute Gasteiger partial charge is 0.0583 e. The molecule has 19 aromatic carbocycles. The Kier molecular flexibility index (Phi) is 17.6. The lowest BCUT2D eigenvalue weighted by Gasteiger charge is -2.21. The number of thiophene rings is 2. The molecule has 0 saturated carbocycles. The predicted octanol–water partition coefficient (Wildman–Crippen LogP) is 34.1. The summed E-state index contributed by atoms with van der Waals surface area (Å²) in [5.41, 5.74) is 35.0. The first-order chi connectivity index (χ1) is 63.9. The maximum atomic E-state index is 2.44. The molecule has 628 valence electrons. The molecule has 0 spiro atoms. The number of para-hydroxylation sites is 5. The number of hydrogen-bond donors (Lipinski definition) is 0. The van der Waals surface area contributed by atoms with Crippen LogP contribution in [0.2, 0.25) is 0 Å². The van der Waals surface area contributed by atoms with E-state index in [4.69, 9.17) is 0 Å². The molecule has 0 bridgehead atoms.